The molecule has 142 valence electrons. The van der Waals surface area contributed by atoms with Gasteiger partial charge < -0.3 is 24.1 Å². The van der Waals surface area contributed by atoms with Gasteiger partial charge in [-0.25, -0.2) is 4.79 Å². The third kappa shape index (κ3) is 3.94. The van der Waals surface area contributed by atoms with Gasteiger partial charge in [0.15, 0.2) is 5.76 Å². The smallest absolute Gasteiger partial charge is 0.371 e. The van der Waals surface area contributed by atoms with Crippen LogP contribution in [0, 0.1) is 0 Å². The first-order valence-corrected chi connectivity index (χ1v) is 8.64. The Labute approximate surface area is 155 Å². The molecular formula is C19H20N2O6. The van der Waals surface area contributed by atoms with Crippen LogP contribution in [0.5, 0.6) is 5.75 Å². The number of hydrogen-bond donors (Lipinski definition) is 1. The van der Waals surface area contributed by atoms with Crippen molar-refractivity contribution < 1.29 is 28.6 Å². The van der Waals surface area contributed by atoms with Crippen LogP contribution < -0.4 is 4.74 Å². The molecule has 2 amide bonds. The van der Waals surface area contributed by atoms with E-state index in [0.29, 0.717) is 44.1 Å². The Balaban J connectivity index is 1.64. The number of hydrogen-bond acceptors (Lipinski definition) is 5. The maximum Gasteiger partial charge on any atom is 0.371 e. The number of aromatic carboxylic acids is 1. The summed E-state index contributed by atoms with van der Waals surface area (Å²) in [6.07, 6.45) is 0. The van der Waals surface area contributed by atoms with Gasteiger partial charge in [0.1, 0.15) is 5.75 Å². The van der Waals surface area contributed by atoms with Gasteiger partial charge in [-0.1, -0.05) is 12.1 Å². The Bertz CT molecular complexity index is 851. The van der Waals surface area contributed by atoms with Crippen molar-refractivity contribution in [1.29, 1.82) is 0 Å². The zero-order valence-corrected chi connectivity index (χ0v) is 14.9. The van der Waals surface area contributed by atoms with E-state index in [9.17, 15) is 14.4 Å². The van der Waals surface area contributed by atoms with Crippen molar-refractivity contribution in [2.24, 2.45) is 0 Å². The number of carboxylic acids is 1. The third-order valence-corrected chi connectivity index (χ3v) is 4.30. The second-order valence-electron chi connectivity index (χ2n) is 5.98. The highest BCUT2D eigenvalue weighted by Crippen LogP contribution is 2.21. The van der Waals surface area contributed by atoms with E-state index < -0.39 is 5.97 Å². The number of rotatable bonds is 5. The van der Waals surface area contributed by atoms with Crippen LogP contribution in [0.2, 0.25) is 0 Å². The molecule has 3 rings (SSSR count). The molecule has 0 spiro atoms. The minimum atomic E-state index is -1.22. The molecule has 1 N–H and O–H groups in total. The number of ether oxygens (including phenoxy) is 1. The summed E-state index contributed by atoms with van der Waals surface area (Å²) in [6, 6.07) is 9.68. The summed E-state index contributed by atoms with van der Waals surface area (Å²) in [6.45, 7) is 3.74. The summed E-state index contributed by atoms with van der Waals surface area (Å²) in [5.41, 5.74) is 0.497. The standard InChI is InChI=1S/C19H20N2O6/c1-2-26-14-6-4-3-5-13(14)17(22)20-9-11-21(12-10-20)18(23)15-7-8-16(27-15)19(24)25/h3-8H,2,9-12H2,1H3,(H,24,25). The topological polar surface area (TPSA) is 100 Å². The number of carboxylic acid groups (broad SMARTS) is 1. The second-order valence-corrected chi connectivity index (χ2v) is 5.98. The number of benzene rings is 1. The molecule has 2 aromatic rings. The van der Waals surface area contributed by atoms with Gasteiger partial charge >= 0.3 is 5.97 Å². The number of furan rings is 1. The molecule has 0 aliphatic carbocycles. The fraction of sp³-hybridized carbons (Fsp3) is 0.316. The number of carbonyl (C=O) groups excluding carboxylic acids is 2. The number of carbonyl (C=O) groups is 3. The molecule has 0 radical (unpaired) electrons. The molecule has 0 atom stereocenters. The predicted molar refractivity (Wildman–Crippen MR) is 95.1 cm³/mol. The number of piperazine rings is 1. The Morgan fingerprint density at radius 3 is 2.15 bits per heavy atom. The number of amides is 2. The predicted octanol–water partition coefficient (Wildman–Crippen LogP) is 1.97. The van der Waals surface area contributed by atoms with Gasteiger partial charge in [-0.2, -0.15) is 0 Å². The van der Waals surface area contributed by atoms with Gasteiger partial charge in [-0.3, -0.25) is 9.59 Å². The highest BCUT2D eigenvalue weighted by molar-refractivity contribution is 5.97. The summed E-state index contributed by atoms with van der Waals surface area (Å²) in [7, 11) is 0. The Hall–Kier alpha value is -3.29. The average Bonchev–Trinajstić information content (AvgIpc) is 3.18. The molecule has 8 heteroatoms. The first-order valence-electron chi connectivity index (χ1n) is 8.64. The zero-order valence-electron chi connectivity index (χ0n) is 14.9. The van der Waals surface area contributed by atoms with Crippen molar-refractivity contribution in [3.63, 3.8) is 0 Å². The van der Waals surface area contributed by atoms with E-state index in [4.69, 9.17) is 14.3 Å². The molecule has 2 heterocycles. The van der Waals surface area contributed by atoms with Crippen molar-refractivity contribution in [3.05, 3.63) is 53.5 Å². The Morgan fingerprint density at radius 1 is 0.963 bits per heavy atom. The quantitative estimate of drug-likeness (QED) is 0.861. The van der Waals surface area contributed by atoms with Gasteiger partial charge in [0.05, 0.1) is 12.2 Å². The molecule has 8 nitrogen and oxygen atoms in total. The van der Waals surface area contributed by atoms with Crippen molar-refractivity contribution in [3.8, 4) is 5.75 Å². The summed E-state index contributed by atoms with van der Waals surface area (Å²) in [4.78, 5) is 39.3. The lowest BCUT2D eigenvalue weighted by Crippen LogP contribution is -2.50. The SMILES string of the molecule is CCOc1ccccc1C(=O)N1CCN(C(=O)c2ccc(C(=O)O)o2)CC1. The van der Waals surface area contributed by atoms with Crippen LogP contribution in [-0.4, -0.2) is 65.5 Å². The summed E-state index contributed by atoms with van der Waals surface area (Å²) < 4.78 is 10.6. The molecule has 0 unspecified atom stereocenters. The average molecular weight is 372 g/mol. The van der Waals surface area contributed by atoms with Crippen LogP contribution in [0.1, 0.15) is 38.4 Å². The maximum absolute atomic E-state index is 12.8. The summed E-state index contributed by atoms with van der Waals surface area (Å²) in [5.74, 6) is -1.51. The van der Waals surface area contributed by atoms with Gasteiger partial charge in [0, 0.05) is 26.2 Å². The molecule has 1 aromatic heterocycles. The molecule has 1 aromatic carbocycles. The van der Waals surface area contributed by atoms with E-state index in [1.807, 2.05) is 13.0 Å². The maximum atomic E-state index is 12.8. The van der Waals surface area contributed by atoms with Crippen LogP contribution in [0.4, 0.5) is 0 Å². The van der Waals surface area contributed by atoms with E-state index in [0.717, 1.165) is 0 Å². The molecule has 1 aliphatic heterocycles. The molecular weight excluding hydrogens is 352 g/mol. The van der Waals surface area contributed by atoms with Crippen LogP contribution >= 0.6 is 0 Å². The van der Waals surface area contributed by atoms with Gasteiger partial charge in [0.2, 0.25) is 5.76 Å². The molecule has 0 bridgehead atoms. The van der Waals surface area contributed by atoms with Crippen molar-refractivity contribution in [1.82, 2.24) is 9.80 Å². The van der Waals surface area contributed by atoms with Crippen molar-refractivity contribution in [2.45, 2.75) is 6.92 Å². The number of nitrogens with zero attached hydrogens (tertiary/aromatic N) is 2. The molecule has 1 fully saturated rings. The summed E-state index contributed by atoms with van der Waals surface area (Å²) in [5, 5.41) is 8.88. The molecule has 1 aliphatic rings. The number of para-hydroxylation sites is 1. The van der Waals surface area contributed by atoms with E-state index >= 15 is 0 Å². The minimum Gasteiger partial charge on any atom is -0.493 e. The monoisotopic (exact) mass is 372 g/mol. The van der Waals surface area contributed by atoms with Crippen LogP contribution in [0.25, 0.3) is 0 Å². The van der Waals surface area contributed by atoms with Gasteiger partial charge in [-0.15, -0.1) is 0 Å². The Morgan fingerprint density at radius 2 is 1.56 bits per heavy atom. The highest BCUT2D eigenvalue weighted by Gasteiger charge is 2.28. The minimum absolute atomic E-state index is 0.0196. The molecule has 0 saturated carbocycles. The van der Waals surface area contributed by atoms with Crippen molar-refractivity contribution in [2.75, 3.05) is 32.8 Å². The lowest BCUT2D eigenvalue weighted by atomic mass is 10.1. The first kappa shape index (κ1) is 18.5. The first-order chi connectivity index (χ1) is 13.0. The largest absolute Gasteiger partial charge is 0.493 e. The van der Waals surface area contributed by atoms with Crippen LogP contribution in [0.15, 0.2) is 40.8 Å². The van der Waals surface area contributed by atoms with E-state index in [2.05, 4.69) is 0 Å². The van der Waals surface area contributed by atoms with Gasteiger partial charge in [-0.05, 0) is 31.2 Å². The van der Waals surface area contributed by atoms with Gasteiger partial charge in [0.25, 0.3) is 11.8 Å². The van der Waals surface area contributed by atoms with Crippen molar-refractivity contribution >= 4 is 17.8 Å². The van der Waals surface area contributed by atoms with E-state index in [1.165, 1.54) is 12.1 Å². The fourth-order valence-electron chi connectivity index (χ4n) is 2.93. The fourth-order valence-corrected chi connectivity index (χ4v) is 2.93. The summed E-state index contributed by atoms with van der Waals surface area (Å²) >= 11 is 0. The third-order valence-electron chi connectivity index (χ3n) is 4.30. The lowest BCUT2D eigenvalue weighted by molar-refractivity contribution is 0.0510. The van der Waals surface area contributed by atoms with Crippen LogP contribution in [-0.2, 0) is 0 Å². The second kappa shape index (κ2) is 7.94. The lowest BCUT2D eigenvalue weighted by Gasteiger charge is -2.34. The van der Waals surface area contributed by atoms with Crippen LogP contribution in [0.3, 0.4) is 0 Å². The normalized spacial score (nSPS) is 14.1. The zero-order chi connectivity index (χ0) is 19.4. The highest BCUT2D eigenvalue weighted by atomic mass is 16.5. The molecule has 27 heavy (non-hydrogen) atoms. The molecule has 1 saturated heterocycles. The Kier molecular flexibility index (Phi) is 5.44. The van der Waals surface area contributed by atoms with E-state index in [1.54, 1.807) is 28.0 Å². The van der Waals surface area contributed by atoms with E-state index in [-0.39, 0.29) is 23.3 Å².